The van der Waals surface area contributed by atoms with Crippen LogP contribution in [0.3, 0.4) is 0 Å². The van der Waals surface area contributed by atoms with Crippen molar-refractivity contribution in [3.8, 4) is 0 Å². The highest BCUT2D eigenvalue weighted by Crippen LogP contribution is 2.20. The van der Waals surface area contributed by atoms with E-state index in [1.807, 2.05) is 30.3 Å². The molecule has 0 saturated carbocycles. The molecule has 0 radical (unpaired) electrons. The number of anilines is 1. The van der Waals surface area contributed by atoms with Crippen LogP contribution in [0.15, 0.2) is 30.3 Å². The maximum absolute atomic E-state index is 11.9. The van der Waals surface area contributed by atoms with Crippen molar-refractivity contribution >= 4 is 28.5 Å². The zero-order chi connectivity index (χ0) is 15.2. The average Bonchev–Trinajstić information content (AvgIpc) is 2.92. The Bertz CT molecular complexity index is 629. The first-order valence-electron chi connectivity index (χ1n) is 6.05. The summed E-state index contributed by atoms with van der Waals surface area (Å²) in [7, 11) is 1.50. The first-order valence-corrected chi connectivity index (χ1v) is 6.86. The molecular weight excluding hydrogens is 294 g/mol. The number of carbonyl (C=O) groups is 2. The summed E-state index contributed by atoms with van der Waals surface area (Å²) in [5.41, 5.74) is 0.878. The normalized spacial score (nSPS) is 10.1. The van der Waals surface area contributed by atoms with E-state index in [9.17, 15) is 9.59 Å². The van der Waals surface area contributed by atoms with Crippen LogP contribution >= 0.6 is 11.3 Å². The molecule has 0 atom stereocenters. The number of hydrogen-bond acceptors (Lipinski definition) is 6. The first-order chi connectivity index (χ1) is 10.1. The average molecular weight is 307 g/mol. The Hall–Kier alpha value is -2.48. The summed E-state index contributed by atoms with van der Waals surface area (Å²) in [6.45, 7) is 0.158. The number of rotatable bonds is 5. The summed E-state index contributed by atoms with van der Waals surface area (Å²) in [6.07, 6.45) is -0.790. The van der Waals surface area contributed by atoms with Gasteiger partial charge in [0.2, 0.25) is 5.13 Å². The maximum atomic E-state index is 11.9. The second-order valence-electron chi connectivity index (χ2n) is 4.15. The second-order valence-corrected chi connectivity index (χ2v) is 5.19. The van der Waals surface area contributed by atoms with Crippen molar-refractivity contribution in [1.29, 1.82) is 0 Å². The fourth-order valence-corrected chi connectivity index (χ4v) is 2.26. The smallest absolute Gasteiger partial charge is 0.416 e. The molecule has 0 fully saturated rings. The van der Waals surface area contributed by atoms with Crippen LogP contribution in [0.1, 0.15) is 10.6 Å². The molecule has 0 aliphatic carbocycles. The highest BCUT2D eigenvalue weighted by molar-refractivity contribution is 7.15. The zero-order valence-corrected chi connectivity index (χ0v) is 12.0. The minimum atomic E-state index is -0.994. The van der Waals surface area contributed by atoms with Crippen LogP contribution in [0, 0.1) is 0 Å². The number of aromatic nitrogens is 2. The molecule has 0 aliphatic heterocycles. The Morgan fingerprint density at radius 1 is 1.29 bits per heavy atom. The maximum Gasteiger partial charge on any atom is 0.416 e. The summed E-state index contributed by atoms with van der Waals surface area (Å²) in [5.74, 6) is -0.994. The Morgan fingerprint density at radius 2 is 2.00 bits per heavy atom. The number of hydrogen-bond donors (Lipinski definition) is 1. The van der Waals surface area contributed by atoms with E-state index in [2.05, 4.69) is 10.2 Å². The lowest BCUT2D eigenvalue weighted by Gasteiger charge is -2.13. The molecule has 0 unspecified atom stereocenters. The summed E-state index contributed by atoms with van der Waals surface area (Å²) in [6, 6.07) is 9.29. The Balaban J connectivity index is 1.92. The predicted molar refractivity (Wildman–Crippen MR) is 76.3 cm³/mol. The second kappa shape index (κ2) is 6.80. The van der Waals surface area contributed by atoms with Crippen LogP contribution in [-0.2, 0) is 22.6 Å². The quantitative estimate of drug-likeness (QED) is 0.907. The molecule has 0 spiro atoms. The lowest BCUT2D eigenvalue weighted by molar-refractivity contribution is -0.136. The number of aliphatic carboxylic acids is 1. The standard InChI is InChI=1S/C13H13N3O4S/c1-16(12-15-14-10(21-12)7-11(17)18)13(19)20-8-9-5-3-2-4-6-9/h2-6H,7-8H2,1H3,(H,17,18). The molecule has 21 heavy (non-hydrogen) atoms. The molecule has 7 nitrogen and oxygen atoms in total. The molecule has 8 heteroatoms. The van der Waals surface area contributed by atoms with Gasteiger partial charge in [-0.15, -0.1) is 10.2 Å². The van der Waals surface area contributed by atoms with Gasteiger partial charge in [-0.25, -0.2) is 4.79 Å². The Kier molecular flexibility index (Phi) is 4.83. The van der Waals surface area contributed by atoms with E-state index < -0.39 is 12.1 Å². The topological polar surface area (TPSA) is 92.6 Å². The SMILES string of the molecule is CN(C(=O)OCc1ccccc1)c1nnc(CC(=O)O)s1. The lowest BCUT2D eigenvalue weighted by Crippen LogP contribution is -2.26. The van der Waals surface area contributed by atoms with Gasteiger partial charge in [0.25, 0.3) is 0 Å². The van der Waals surface area contributed by atoms with Gasteiger partial charge < -0.3 is 9.84 Å². The molecule has 2 aromatic rings. The third-order valence-electron chi connectivity index (χ3n) is 2.52. The molecule has 110 valence electrons. The molecule has 1 N–H and O–H groups in total. The van der Waals surface area contributed by atoms with Gasteiger partial charge in [0.05, 0.1) is 6.42 Å². The van der Waals surface area contributed by atoms with Crippen LogP contribution in [0.25, 0.3) is 0 Å². The predicted octanol–water partition coefficient (Wildman–Crippen LogP) is 1.94. The van der Waals surface area contributed by atoms with Gasteiger partial charge in [-0.3, -0.25) is 9.69 Å². The van der Waals surface area contributed by atoms with E-state index in [1.165, 1.54) is 11.9 Å². The van der Waals surface area contributed by atoms with Gasteiger partial charge in [-0.05, 0) is 5.56 Å². The highest BCUT2D eigenvalue weighted by atomic mass is 32.1. The summed E-state index contributed by atoms with van der Waals surface area (Å²) >= 11 is 1.04. The van der Waals surface area contributed by atoms with Gasteiger partial charge in [-0.1, -0.05) is 41.7 Å². The third kappa shape index (κ3) is 4.25. The third-order valence-corrected chi connectivity index (χ3v) is 3.52. The minimum Gasteiger partial charge on any atom is -0.481 e. The van der Waals surface area contributed by atoms with Crippen LogP contribution in [0.4, 0.5) is 9.93 Å². The number of amides is 1. The van der Waals surface area contributed by atoms with Crippen molar-refractivity contribution in [2.75, 3.05) is 11.9 Å². The lowest BCUT2D eigenvalue weighted by atomic mass is 10.2. The van der Waals surface area contributed by atoms with Crippen LogP contribution in [0.2, 0.25) is 0 Å². The summed E-state index contributed by atoms with van der Waals surface area (Å²) < 4.78 is 5.14. The number of benzene rings is 1. The molecule has 0 bridgehead atoms. The van der Waals surface area contributed by atoms with Crippen LogP contribution < -0.4 is 4.90 Å². The molecule has 1 amide bonds. The number of carbonyl (C=O) groups excluding carboxylic acids is 1. The fourth-order valence-electron chi connectivity index (χ4n) is 1.48. The van der Waals surface area contributed by atoms with E-state index in [0.717, 1.165) is 16.9 Å². The van der Waals surface area contributed by atoms with Crippen molar-refractivity contribution in [1.82, 2.24) is 10.2 Å². The summed E-state index contributed by atoms with van der Waals surface area (Å²) in [4.78, 5) is 23.6. The molecule has 1 aromatic heterocycles. The zero-order valence-electron chi connectivity index (χ0n) is 11.2. The van der Waals surface area contributed by atoms with Crippen molar-refractivity contribution in [2.24, 2.45) is 0 Å². The number of carboxylic acids is 1. The van der Waals surface area contributed by atoms with E-state index in [0.29, 0.717) is 10.1 Å². The van der Waals surface area contributed by atoms with E-state index in [1.54, 1.807) is 0 Å². The minimum absolute atomic E-state index is 0.158. The Morgan fingerprint density at radius 3 is 2.67 bits per heavy atom. The monoisotopic (exact) mass is 307 g/mol. The molecule has 1 aromatic carbocycles. The van der Waals surface area contributed by atoms with Gasteiger partial charge in [-0.2, -0.15) is 0 Å². The molecule has 0 saturated heterocycles. The van der Waals surface area contributed by atoms with Gasteiger partial charge in [0, 0.05) is 7.05 Å². The largest absolute Gasteiger partial charge is 0.481 e. The molecule has 1 heterocycles. The Labute approximate surface area is 124 Å². The summed E-state index contributed by atoms with van der Waals surface area (Å²) in [5, 5.41) is 16.8. The van der Waals surface area contributed by atoms with E-state index in [4.69, 9.17) is 9.84 Å². The van der Waals surface area contributed by atoms with E-state index in [-0.39, 0.29) is 13.0 Å². The van der Waals surface area contributed by atoms with Crippen molar-refractivity contribution < 1.29 is 19.4 Å². The van der Waals surface area contributed by atoms with Crippen LogP contribution in [0.5, 0.6) is 0 Å². The van der Waals surface area contributed by atoms with Gasteiger partial charge in [0.15, 0.2) is 0 Å². The highest BCUT2D eigenvalue weighted by Gasteiger charge is 2.18. The van der Waals surface area contributed by atoms with Crippen molar-refractivity contribution in [2.45, 2.75) is 13.0 Å². The molecule has 2 rings (SSSR count). The number of nitrogens with zero attached hydrogens (tertiary/aromatic N) is 3. The fraction of sp³-hybridized carbons (Fsp3) is 0.231. The first kappa shape index (κ1) is 14.9. The van der Waals surface area contributed by atoms with E-state index >= 15 is 0 Å². The van der Waals surface area contributed by atoms with Crippen molar-refractivity contribution in [3.05, 3.63) is 40.9 Å². The molecule has 0 aliphatic rings. The van der Waals surface area contributed by atoms with Gasteiger partial charge >= 0.3 is 12.1 Å². The molecular formula is C13H13N3O4S. The number of carboxylic acid groups (broad SMARTS) is 1. The number of ether oxygens (including phenoxy) is 1. The van der Waals surface area contributed by atoms with Crippen molar-refractivity contribution in [3.63, 3.8) is 0 Å². The van der Waals surface area contributed by atoms with Gasteiger partial charge in [0.1, 0.15) is 11.6 Å². The van der Waals surface area contributed by atoms with Crippen LogP contribution in [-0.4, -0.2) is 34.4 Å².